The Morgan fingerprint density at radius 2 is 1.57 bits per heavy atom. The summed E-state index contributed by atoms with van der Waals surface area (Å²) in [7, 11) is 4.60. The molecule has 0 saturated carbocycles. The molecule has 0 atom stereocenters. The number of carbonyl (C=O) groups is 1. The zero-order valence-corrected chi connectivity index (χ0v) is 17.4. The molecule has 0 saturated heterocycles. The van der Waals surface area contributed by atoms with E-state index in [1.54, 1.807) is 26.4 Å². The molecule has 28 heavy (non-hydrogen) atoms. The molecule has 0 aliphatic heterocycles. The van der Waals surface area contributed by atoms with Crippen LogP contribution in [0.1, 0.15) is 16.7 Å². The van der Waals surface area contributed by atoms with E-state index >= 15 is 0 Å². The smallest absolute Gasteiger partial charge is 0.339 e. The van der Waals surface area contributed by atoms with Crippen molar-refractivity contribution in [3.63, 3.8) is 0 Å². The second-order valence-corrected chi connectivity index (χ2v) is 6.46. The van der Waals surface area contributed by atoms with Crippen molar-refractivity contribution in [2.45, 2.75) is 0 Å². The Labute approximate surface area is 172 Å². The third-order valence-electron chi connectivity index (χ3n) is 3.88. The maximum atomic E-state index is 11.5. The molecule has 0 radical (unpaired) electrons. The number of ether oxygens (including phenoxy) is 3. The van der Waals surface area contributed by atoms with Crippen molar-refractivity contribution in [2.24, 2.45) is 0 Å². The van der Waals surface area contributed by atoms with Crippen molar-refractivity contribution < 1.29 is 24.1 Å². The second-order valence-electron chi connectivity index (χ2n) is 5.61. The van der Waals surface area contributed by atoms with Crippen molar-refractivity contribution in [3.05, 3.63) is 76.0 Å². The van der Waals surface area contributed by atoms with E-state index < -0.39 is 5.97 Å². The lowest BCUT2D eigenvalue weighted by molar-refractivity contribution is -0.130. The average molecular weight is 445 g/mol. The van der Waals surface area contributed by atoms with Crippen molar-refractivity contribution in [1.29, 1.82) is 0 Å². The molecule has 0 spiro atoms. The van der Waals surface area contributed by atoms with Crippen LogP contribution in [0.3, 0.4) is 0 Å². The summed E-state index contributed by atoms with van der Waals surface area (Å²) >= 11 is 3.51. The highest BCUT2D eigenvalue weighted by atomic mass is 79.9. The maximum Gasteiger partial charge on any atom is 0.339 e. The van der Waals surface area contributed by atoms with Gasteiger partial charge >= 0.3 is 5.97 Å². The summed E-state index contributed by atoms with van der Waals surface area (Å²) in [6.45, 7) is 0. The summed E-state index contributed by atoms with van der Waals surface area (Å²) in [5.74, 6) is 0.227. The molecule has 0 amide bonds. The molecule has 0 unspecified atom stereocenters. The van der Waals surface area contributed by atoms with Crippen LogP contribution < -0.4 is 9.47 Å². The molecule has 0 aliphatic carbocycles. The van der Waals surface area contributed by atoms with Crippen LogP contribution in [0.5, 0.6) is 11.5 Å². The van der Waals surface area contributed by atoms with Crippen LogP contribution >= 0.6 is 15.9 Å². The van der Waals surface area contributed by atoms with Gasteiger partial charge in [0.15, 0.2) is 11.5 Å². The van der Waals surface area contributed by atoms with Gasteiger partial charge in [-0.15, -0.1) is 0 Å². The maximum absolute atomic E-state index is 11.5. The van der Waals surface area contributed by atoms with Gasteiger partial charge in [0.05, 0.1) is 27.6 Å². The minimum atomic E-state index is -1.05. The lowest BCUT2D eigenvalue weighted by atomic mass is 10.00. The monoisotopic (exact) mass is 444 g/mol. The number of hydrogen-bond acceptors (Lipinski definition) is 4. The fourth-order valence-corrected chi connectivity index (χ4v) is 3.01. The van der Waals surface area contributed by atoms with Gasteiger partial charge in [0.1, 0.15) is 5.57 Å². The Balaban J connectivity index is 2.29. The third-order valence-corrected chi connectivity index (χ3v) is 4.57. The van der Waals surface area contributed by atoms with Gasteiger partial charge in [0.25, 0.3) is 0 Å². The van der Waals surface area contributed by atoms with Crippen LogP contribution in [0.2, 0.25) is 0 Å². The van der Waals surface area contributed by atoms with Gasteiger partial charge in [-0.2, -0.15) is 0 Å². The van der Waals surface area contributed by atoms with Crippen LogP contribution in [0.4, 0.5) is 0 Å². The zero-order chi connectivity index (χ0) is 20.5. The van der Waals surface area contributed by atoms with E-state index in [9.17, 15) is 9.90 Å². The van der Waals surface area contributed by atoms with Gasteiger partial charge in [-0.05, 0) is 28.8 Å². The molecule has 1 N–H and O–H groups in total. The number of hydrogen-bond donors (Lipinski definition) is 1. The highest BCUT2D eigenvalue weighted by molar-refractivity contribution is 9.10. The average Bonchev–Trinajstić information content (AvgIpc) is 2.70. The number of halogens is 1. The number of carboxylic acids is 1. The first kappa shape index (κ1) is 21.3. The van der Waals surface area contributed by atoms with Gasteiger partial charge in [-0.1, -0.05) is 64.5 Å². The number of methoxy groups -OCH3 is 3. The van der Waals surface area contributed by atoms with Crippen molar-refractivity contribution in [1.82, 2.24) is 0 Å². The molecular weight excluding hydrogens is 424 g/mol. The Morgan fingerprint density at radius 3 is 2.18 bits per heavy atom. The van der Waals surface area contributed by atoms with Crippen LogP contribution in [0.15, 0.2) is 59.3 Å². The van der Waals surface area contributed by atoms with Crippen molar-refractivity contribution >= 4 is 39.6 Å². The Morgan fingerprint density at radius 1 is 0.964 bits per heavy atom. The predicted octanol–water partition coefficient (Wildman–Crippen LogP) is 5.26. The van der Waals surface area contributed by atoms with Gasteiger partial charge < -0.3 is 19.3 Å². The molecule has 146 valence electrons. The molecular formula is C22H21BrO5. The van der Waals surface area contributed by atoms with E-state index in [0.29, 0.717) is 17.1 Å². The SMILES string of the molecule is COC=C(C(=O)O)c1ccccc1C=CC=Cc1cc(OC)c(OC)cc1Br. The van der Waals surface area contributed by atoms with E-state index in [4.69, 9.17) is 14.2 Å². The molecule has 0 heterocycles. The highest BCUT2D eigenvalue weighted by Crippen LogP contribution is 2.33. The lowest BCUT2D eigenvalue weighted by Gasteiger charge is -2.09. The third kappa shape index (κ3) is 5.27. The Hall–Kier alpha value is -2.99. The first-order chi connectivity index (χ1) is 13.5. The van der Waals surface area contributed by atoms with E-state index in [2.05, 4.69) is 15.9 Å². The molecule has 5 nitrogen and oxygen atoms in total. The van der Waals surface area contributed by atoms with Crippen molar-refractivity contribution in [2.75, 3.05) is 21.3 Å². The normalized spacial score (nSPS) is 11.8. The van der Waals surface area contributed by atoms with Crippen LogP contribution in [0, 0.1) is 0 Å². The molecule has 6 heteroatoms. The molecule has 0 aromatic heterocycles. The minimum Gasteiger partial charge on any atom is -0.503 e. The zero-order valence-electron chi connectivity index (χ0n) is 15.8. The van der Waals surface area contributed by atoms with E-state index in [0.717, 1.165) is 15.6 Å². The highest BCUT2D eigenvalue weighted by Gasteiger charge is 2.13. The lowest BCUT2D eigenvalue weighted by Crippen LogP contribution is -2.02. The van der Waals surface area contributed by atoms with Crippen LogP contribution in [-0.4, -0.2) is 32.4 Å². The summed E-state index contributed by atoms with van der Waals surface area (Å²) in [5, 5.41) is 9.41. The van der Waals surface area contributed by atoms with Crippen LogP contribution in [-0.2, 0) is 9.53 Å². The molecule has 0 aliphatic rings. The molecule has 2 aromatic rings. The van der Waals surface area contributed by atoms with Gasteiger partial charge in [0.2, 0.25) is 0 Å². The fourth-order valence-electron chi connectivity index (χ4n) is 2.55. The molecule has 0 fully saturated rings. The van der Waals surface area contributed by atoms with E-state index in [-0.39, 0.29) is 5.57 Å². The molecule has 2 aromatic carbocycles. The largest absolute Gasteiger partial charge is 0.503 e. The molecule has 2 rings (SSSR count). The van der Waals surface area contributed by atoms with Gasteiger partial charge in [-0.25, -0.2) is 4.79 Å². The quantitative estimate of drug-likeness (QED) is 0.341. The number of allylic oxidation sites excluding steroid dienone is 2. The van der Waals surface area contributed by atoms with E-state index in [1.807, 2.05) is 48.6 Å². The molecule has 0 bridgehead atoms. The summed E-state index contributed by atoms with van der Waals surface area (Å²) in [6.07, 6.45) is 8.68. The van der Waals surface area contributed by atoms with Gasteiger partial charge in [0, 0.05) is 4.47 Å². The topological polar surface area (TPSA) is 65.0 Å². The van der Waals surface area contributed by atoms with Crippen LogP contribution in [0.25, 0.3) is 17.7 Å². The fraction of sp³-hybridized carbons (Fsp3) is 0.136. The standard InChI is InChI=1S/C22H21BrO5/c1-26-14-18(22(24)25)17-11-7-6-9-15(17)8-4-5-10-16-12-20(27-2)21(28-3)13-19(16)23/h4-14H,1-3H3,(H,24,25). The van der Waals surface area contributed by atoms with Crippen molar-refractivity contribution in [3.8, 4) is 11.5 Å². The number of carboxylic acid groups (broad SMARTS) is 1. The summed E-state index contributed by atoms with van der Waals surface area (Å²) < 4.78 is 16.4. The summed E-state index contributed by atoms with van der Waals surface area (Å²) in [4.78, 5) is 11.5. The first-order valence-corrected chi connectivity index (χ1v) is 9.13. The second kappa shape index (κ2) is 10.4. The summed E-state index contributed by atoms with van der Waals surface area (Å²) in [6, 6.07) is 10.9. The number of benzene rings is 2. The summed E-state index contributed by atoms with van der Waals surface area (Å²) in [5.41, 5.74) is 2.36. The number of aliphatic carboxylic acids is 1. The minimum absolute atomic E-state index is 0.0920. The van der Waals surface area contributed by atoms with E-state index in [1.165, 1.54) is 13.4 Å². The Kier molecular flexibility index (Phi) is 7.89. The van der Waals surface area contributed by atoms with Gasteiger partial charge in [-0.3, -0.25) is 0 Å². The first-order valence-electron chi connectivity index (χ1n) is 8.33. The number of rotatable bonds is 8. The predicted molar refractivity (Wildman–Crippen MR) is 114 cm³/mol. The Bertz CT molecular complexity index is 929.